The fourth-order valence-electron chi connectivity index (χ4n) is 4.44. The van der Waals surface area contributed by atoms with Gasteiger partial charge in [0.1, 0.15) is 11.6 Å². The van der Waals surface area contributed by atoms with Gasteiger partial charge >= 0.3 is 0 Å². The molecule has 1 aliphatic heterocycles. The number of nitrogens with one attached hydrogen (secondary N) is 1. The fourth-order valence-corrected chi connectivity index (χ4v) is 5.93. The average Bonchev–Trinajstić information content (AvgIpc) is 3.03. The van der Waals surface area contributed by atoms with Crippen LogP contribution in [-0.4, -0.2) is 77.0 Å². The molecule has 0 saturated carbocycles. The van der Waals surface area contributed by atoms with Gasteiger partial charge in [0, 0.05) is 26.1 Å². The summed E-state index contributed by atoms with van der Waals surface area (Å²) in [6.45, 7) is 8.66. The van der Waals surface area contributed by atoms with E-state index >= 15 is 0 Å². The van der Waals surface area contributed by atoms with E-state index in [0.29, 0.717) is 67.4 Å². The summed E-state index contributed by atoms with van der Waals surface area (Å²) >= 11 is 0. The van der Waals surface area contributed by atoms with Gasteiger partial charge in [-0.1, -0.05) is 13.8 Å². The number of aryl methyl sites for hydroxylation is 2. The Kier molecular flexibility index (Phi) is 7.58. The number of aromatic amines is 1. The highest BCUT2D eigenvalue weighted by Crippen LogP contribution is 2.31. The molecular weight excluding hydrogens is 468 g/mol. The molecule has 2 aromatic heterocycles. The number of ether oxygens (including phenoxy) is 1. The third-order valence-corrected chi connectivity index (χ3v) is 8.17. The molecule has 0 amide bonds. The van der Waals surface area contributed by atoms with Crippen LogP contribution in [0.1, 0.15) is 45.1 Å². The van der Waals surface area contributed by atoms with Gasteiger partial charge in [0.05, 0.1) is 22.8 Å². The molecule has 1 fully saturated rings. The van der Waals surface area contributed by atoms with Crippen LogP contribution in [-0.2, 0) is 22.9 Å². The Hall–Kier alpha value is -2.76. The van der Waals surface area contributed by atoms with E-state index in [0.717, 1.165) is 19.4 Å². The van der Waals surface area contributed by atoms with Crippen LogP contribution in [0, 0.1) is 0 Å². The van der Waals surface area contributed by atoms with Crippen LogP contribution in [0.15, 0.2) is 27.9 Å². The summed E-state index contributed by atoms with van der Waals surface area (Å²) in [5.74, 6) is 1.41. The molecule has 0 atom stereocenters. The normalized spacial score (nSPS) is 16.0. The monoisotopic (exact) mass is 502 g/mol. The van der Waals surface area contributed by atoms with Gasteiger partial charge < -0.3 is 14.6 Å². The lowest BCUT2D eigenvalue weighted by Gasteiger charge is -2.21. The van der Waals surface area contributed by atoms with Gasteiger partial charge in [0.2, 0.25) is 10.0 Å². The molecule has 11 heteroatoms. The zero-order valence-electron chi connectivity index (χ0n) is 20.9. The first-order valence-electron chi connectivity index (χ1n) is 12.3. The highest BCUT2D eigenvalue weighted by Gasteiger charge is 2.28. The highest BCUT2D eigenvalue weighted by molar-refractivity contribution is 7.89. The molecule has 35 heavy (non-hydrogen) atoms. The summed E-state index contributed by atoms with van der Waals surface area (Å²) in [7, 11) is -1.73. The van der Waals surface area contributed by atoms with Crippen LogP contribution in [0.3, 0.4) is 0 Å². The van der Waals surface area contributed by atoms with Gasteiger partial charge in [-0.2, -0.15) is 4.31 Å². The molecule has 4 rings (SSSR count). The quantitative estimate of drug-likeness (QED) is 0.503. The van der Waals surface area contributed by atoms with Crippen LogP contribution < -0.4 is 10.3 Å². The number of nitrogens with zero attached hydrogens (tertiary/aromatic N) is 5. The lowest BCUT2D eigenvalue weighted by atomic mass is 10.2. The molecule has 0 radical (unpaired) electrons. The molecule has 3 heterocycles. The van der Waals surface area contributed by atoms with Gasteiger partial charge in [0.25, 0.3) is 5.56 Å². The number of aromatic nitrogens is 4. The topological polar surface area (TPSA) is 113 Å². The molecule has 1 saturated heterocycles. The zero-order valence-corrected chi connectivity index (χ0v) is 21.7. The highest BCUT2D eigenvalue weighted by atomic mass is 32.2. The first-order valence-corrected chi connectivity index (χ1v) is 13.7. The molecule has 3 aromatic rings. The van der Waals surface area contributed by atoms with E-state index in [1.807, 2.05) is 27.8 Å². The lowest BCUT2D eigenvalue weighted by Crippen LogP contribution is -2.34. The van der Waals surface area contributed by atoms with E-state index in [1.54, 1.807) is 22.7 Å². The van der Waals surface area contributed by atoms with Crippen molar-refractivity contribution in [2.75, 3.05) is 39.8 Å². The maximum absolute atomic E-state index is 13.5. The zero-order chi connectivity index (χ0) is 25.2. The Bertz CT molecular complexity index is 1360. The Morgan fingerprint density at radius 1 is 1.11 bits per heavy atom. The Labute approximate surface area is 206 Å². The predicted octanol–water partition coefficient (Wildman–Crippen LogP) is 2.32. The average molecular weight is 503 g/mol. The van der Waals surface area contributed by atoms with Gasteiger partial charge in [-0.25, -0.2) is 17.9 Å². The van der Waals surface area contributed by atoms with Crippen molar-refractivity contribution in [3.63, 3.8) is 0 Å². The number of benzene rings is 1. The second-order valence-corrected chi connectivity index (χ2v) is 10.7. The van der Waals surface area contributed by atoms with Gasteiger partial charge in [0.15, 0.2) is 11.3 Å². The number of likely N-dealkylation sites (N-methyl/N-ethyl adjacent to an activating group) is 1. The lowest BCUT2D eigenvalue weighted by molar-refractivity contribution is 0.341. The molecule has 0 bridgehead atoms. The SMILES string of the molecule is CCCc1nc(CC)c2c(=O)[nH]c(-c3cc(S(=O)(=O)N4CCCN(C)CC4)ccc3OCC)nn12. The summed E-state index contributed by atoms with van der Waals surface area (Å²) in [5, 5.41) is 4.70. The van der Waals surface area contributed by atoms with Gasteiger partial charge in [-0.15, -0.1) is 5.10 Å². The van der Waals surface area contributed by atoms with Crippen molar-refractivity contribution < 1.29 is 13.2 Å². The number of H-pyrrole nitrogens is 1. The molecule has 0 spiro atoms. The van der Waals surface area contributed by atoms with E-state index in [-0.39, 0.29) is 16.3 Å². The smallest absolute Gasteiger partial charge is 0.277 e. The first kappa shape index (κ1) is 25.3. The molecule has 1 aromatic carbocycles. The van der Waals surface area contributed by atoms with E-state index < -0.39 is 10.0 Å². The summed E-state index contributed by atoms with van der Waals surface area (Å²) in [4.78, 5) is 22.9. The molecule has 0 unspecified atom stereocenters. The second kappa shape index (κ2) is 10.5. The van der Waals surface area contributed by atoms with Crippen molar-refractivity contribution >= 4 is 15.5 Å². The number of sulfonamides is 1. The van der Waals surface area contributed by atoms with E-state index in [1.165, 1.54) is 4.31 Å². The van der Waals surface area contributed by atoms with E-state index in [4.69, 9.17) is 9.84 Å². The van der Waals surface area contributed by atoms with Crippen molar-refractivity contribution in [3.05, 3.63) is 40.1 Å². The Morgan fingerprint density at radius 3 is 2.63 bits per heavy atom. The van der Waals surface area contributed by atoms with E-state index in [2.05, 4.69) is 14.9 Å². The summed E-state index contributed by atoms with van der Waals surface area (Å²) < 4.78 is 36.0. The largest absolute Gasteiger partial charge is 0.493 e. The van der Waals surface area contributed by atoms with Crippen LogP contribution in [0.2, 0.25) is 0 Å². The summed E-state index contributed by atoms with van der Waals surface area (Å²) in [6, 6.07) is 4.75. The molecule has 190 valence electrons. The number of fused-ring (bicyclic) bond motifs is 1. The molecule has 1 N–H and O–H groups in total. The minimum atomic E-state index is -3.73. The summed E-state index contributed by atoms with van der Waals surface area (Å²) in [6.07, 6.45) is 2.91. The third kappa shape index (κ3) is 4.98. The Morgan fingerprint density at radius 2 is 1.91 bits per heavy atom. The van der Waals surface area contributed by atoms with Gasteiger partial charge in [-0.05, 0) is 58.0 Å². The van der Waals surface area contributed by atoms with Crippen LogP contribution in [0.5, 0.6) is 5.75 Å². The molecule has 1 aliphatic rings. The first-order chi connectivity index (χ1) is 16.8. The second-order valence-electron chi connectivity index (χ2n) is 8.79. The maximum atomic E-state index is 13.5. The van der Waals surface area contributed by atoms with Crippen molar-refractivity contribution in [1.29, 1.82) is 0 Å². The minimum absolute atomic E-state index is 0.150. The fraction of sp³-hybridized carbons (Fsp3) is 0.542. The van der Waals surface area contributed by atoms with Crippen LogP contribution in [0.4, 0.5) is 0 Å². The van der Waals surface area contributed by atoms with Gasteiger partial charge in [-0.3, -0.25) is 4.79 Å². The van der Waals surface area contributed by atoms with E-state index in [9.17, 15) is 13.2 Å². The molecule has 10 nitrogen and oxygen atoms in total. The van der Waals surface area contributed by atoms with Crippen molar-refractivity contribution in [2.45, 2.75) is 51.3 Å². The van der Waals surface area contributed by atoms with Crippen LogP contribution >= 0.6 is 0 Å². The summed E-state index contributed by atoms with van der Waals surface area (Å²) in [5.41, 5.74) is 1.23. The minimum Gasteiger partial charge on any atom is -0.493 e. The van der Waals surface area contributed by atoms with Crippen molar-refractivity contribution in [3.8, 4) is 17.1 Å². The van der Waals surface area contributed by atoms with Crippen molar-refractivity contribution in [1.82, 2.24) is 28.8 Å². The molecule has 0 aliphatic carbocycles. The Balaban J connectivity index is 1.85. The van der Waals surface area contributed by atoms with Crippen molar-refractivity contribution in [2.24, 2.45) is 0 Å². The number of hydrogen-bond acceptors (Lipinski definition) is 7. The maximum Gasteiger partial charge on any atom is 0.277 e. The number of imidazole rings is 1. The predicted molar refractivity (Wildman–Crippen MR) is 134 cm³/mol. The number of hydrogen-bond donors (Lipinski definition) is 1. The standard InChI is InChI=1S/C24H34N6O4S/c1-5-9-21-25-19(6-2)22-24(31)26-23(27-30(21)22)18-16-17(10-11-20(18)34-7-3)35(32,33)29-13-8-12-28(4)14-15-29/h10-11,16H,5-9,12-15H2,1-4H3,(H,26,27,31). The third-order valence-electron chi connectivity index (χ3n) is 6.27. The number of rotatable bonds is 8. The van der Waals surface area contributed by atoms with Crippen LogP contribution in [0.25, 0.3) is 16.9 Å². The molecular formula is C24H34N6O4S.